The molecule has 0 radical (unpaired) electrons. The summed E-state index contributed by atoms with van der Waals surface area (Å²) in [5, 5.41) is 0. The zero-order valence-electron chi connectivity index (χ0n) is 11.8. The predicted octanol–water partition coefficient (Wildman–Crippen LogP) is 4.80. The van der Waals surface area contributed by atoms with Crippen molar-refractivity contribution in [2.24, 2.45) is 5.73 Å². The topological polar surface area (TPSA) is 26.0 Å². The highest BCUT2D eigenvalue weighted by atomic mass is 19.4. The Balaban J connectivity index is 2.41. The summed E-state index contributed by atoms with van der Waals surface area (Å²) < 4.78 is 39.4. The number of allylic oxidation sites excluding steroid dienone is 3. The molecule has 0 fully saturated rings. The van der Waals surface area contributed by atoms with E-state index in [4.69, 9.17) is 5.73 Å². The number of hydrogen-bond acceptors (Lipinski definition) is 1. The molecule has 4 heteroatoms. The van der Waals surface area contributed by atoms with Crippen molar-refractivity contribution in [2.75, 3.05) is 0 Å². The molecule has 1 nitrogen and oxygen atoms in total. The summed E-state index contributed by atoms with van der Waals surface area (Å²) in [6, 6.07) is 15.0. The minimum Gasteiger partial charge on any atom is -0.405 e. The van der Waals surface area contributed by atoms with Gasteiger partial charge in [-0.15, -0.1) is 0 Å². The summed E-state index contributed by atoms with van der Waals surface area (Å²) in [6.07, 6.45) is 0.637. The molecule has 114 valence electrons. The number of benzene rings is 2. The summed E-state index contributed by atoms with van der Waals surface area (Å²) in [6.45, 7) is 0. The van der Waals surface area contributed by atoms with Gasteiger partial charge in [-0.05, 0) is 41.5 Å². The van der Waals surface area contributed by atoms with Crippen molar-refractivity contribution >= 4 is 5.57 Å². The Bertz CT molecular complexity index is 670. The Morgan fingerprint density at radius 3 is 2.23 bits per heavy atom. The first-order chi connectivity index (χ1) is 10.5. The first-order valence-electron chi connectivity index (χ1n) is 6.81. The average Bonchev–Trinajstić information content (AvgIpc) is 2.51. The maximum Gasteiger partial charge on any atom is 0.417 e. The molecule has 0 spiro atoms. The fraction of sp³-hybridized carbons (Fsp3) is 0.111. The van der Waals surface area contributed by atoms with Gasteiger partial charge in [0.05, 0.1) is 5.56 Å². The number of halogens is 3. The Kier molecular flexibility index (Phi) is 5.04. The molecule has 0 aliphatic carbocycles. The van der Waals surface area contributed by atoms with Gasteiger partial charge in [-0.2, -0.15) is 13.2 Å². The zero-order chi connectivity index (χ0) is 16.0. The van der Waals surface area contributed by atoms with E-state index in [0.717, 1.165) is 11.6 Å². The third-order valence-corrected chi connectivity index (χ3v) is 3.22. The standard InChI is InChI=1S/C18H16F3N/c19-18(20,21)17-9-5-4-8-16(17)15(12-13-22)11-10-14-6-2-1-3-7-14/h1-9,11-13H,10,22H2/b13-12-,15-11+. The summed E-state index contributed by atoms with van der Waals surface area (Å²) in [4.78, 5) is 0. The van der Waals surface area contributed by atoms with Crippen LogP contribution in [0.5, 0.6) is 0 Å². The molecule has 22 heavy (non-hydrogen) atoms. The fourth-order valence-electron chi connectivity index (χ4n) is 2.20. The van der Waals surface area contributed by atoms with Crippen LogP contribution in [0.3, 0.4) is 0 Å². The minimum atomic E-state index is -4.40. The van der Waals surface area contributed by atoms with Gasteiger partial charge in [0, 0.05) is 0 Å². The van der Waals surface area contributed by atoms with E-state index in [2.05, 4.69) is 0 Å². The number of nitrogens with two attached hydrogens (primary N) is 1. The number of rotatable bonds is 4. The molecule has 0 aliphatic heterocycles. The first-order valence-corrected chi connectivity index (χ1v) is 6.81. The minimum absolute atomic E-state index is 0.132. The second-order valence-corrected chi connectivity index (χ2v) is 4.75. The Morgan fingerprint density at radius 2 is 1.59 bits per heavy atom. The van der Waals surface area contributed by atoms with Gasteiger partial charge in [0.15, 0.2) is 0 Å². The molecular formula is C18H16F3N. The van der Waals surface area contributed by atoms with Gasteiger partial charge in [0.2, 0.25) is 0 Å². The lowest BCUT2D eigenvalue weighted by Gasteiger charge is -2.13. The molecule has 0 bridgehead atoms. The molecule has 0 aromatic heterocycles. The molecule has 2 N–H and O–H groups in total. The van der Waals surface area contributed by atoms with Crippen LogP contribution in [0.1, 0.15) is 16.7 Å². The highest BCUT2D eigenvalue weighted by Crippen LogP contribution is 2.35. The van der Waals surface area contributed by atoms with Crippen LogP contribution in [0.25, 0.3) is 5.57 Å². The van der Waals surface area contributed by atoms with Crippen LogP contribution in [0.15, 0.2) is 72.9 Å². The van der Waals surface area contributed by atoms with Crippen molar-refractivity contribution in [1.82, 2.24) is 0 Å². The maximum atomic E-state index is 13.1. The number of alkyl halides is 3. The van der Waals surface area contributed by atoms with Crippen molar-refractivity contribution in [2.45, 2.75) is 12.6 Å². The lowest BCUT2D eigenvalue weighted by Crippen LogP contribution is -2.08. The van der Waals surface area contributed by atoms with Crippen LogP contribution in [0, 0.1) is 0 Å². The van der Waals surface area contributed by atoms with Gasteiger partial charge in [-0.1, -0.05) is 54.6 Å². The number of hydrogen-bond donors (Lipinski definition) is 1. The monoisotopic (exact) mass is 303 g/mol. The zero-order valence-corrected chi connectivity index (χ0v) is 11.8. The van der Waals surface area contributed by atoms with E-state index >= 15 is 0 Å². The van der Waals surface area contributed by atoms with E-state index in [1.807, 2.05) is 30.3 Å². The van der Waals surface area contributed by atoms with Crippen molar-refractivity contribution in [1.29, 1.82) is 0 Å². The summed E-state index contributed by atoms with van der Waals surface area (Å²) in [7, 11) is 0. The van der Waals surface area contributed by atoms with Crippen LogP contribution in [0.2, 0.25) is 0 Å². The SMILES string of the molecule is N/C=C\C(=C/Cc1ccccc1)c1ccccc1C(F)(F)F. The highest BCUT2D eigenvalue weighted by molar-refractivity contribution is 5.76. The quantitative estimate of drug-likeness (QED) is 0.806. The third kappa shape index (κ3) is 4.01. The van der Waals surface area contributed by atoms with E-state index in [-0.39, 0.29) is 5.56 Å². The van der Waals surface area contributed by atoms with Crippen LogP contribution in [-0.4, -0.2) is 0 Å². The largest absolute Gasteiger partial charge is 0.417 e. The van der Waals surface area contributed by atoms with E-state index in [1.165, 1.54) is 24.4 Å². The molecule has 0 heterocycles. The Labute approximate surface area is 127 Å². The lowest BCUT2D eigenvalue weighted by molar-refractivity contribution is -0.137. The predicted molar refractivity (Wildman–Crippen MR) is 82.9 cm³/mol. The first kappa shape index (κ1) is 15.9. The second kappa shape index (κ2) is 6.98. The second-order valence-electron chi connectivity index (χ2n) is 4.75. The smallest absolute Gasteiger partial charge is 0.405 e. The van der Waals surface area contributed by atoms with Crippen molar-refractivity contribution in [3.63, 3.8) is 0 Å². The van der Waals surface area contributed by atoms with Crippen LogP contribution < -0.4 is 5.73 Å². The van der Waals surface area contributed by atoms with Crippen LogP contribution >= 0.6 is 0 Å². The van der Waals surface area contributed by atoms with Gasteiger partial charge in [0.1, 0.15) is 0 Å². The average molecular weight is 303 g/mol. The molecule has 2 aromatic carbocycles. The van der Waals surface area contributed by atoms with Crippen molar-refractivity contribution in [3.8, 4) is 0 Å². The van der Waals surface area contributed by atoms with Crippen LogP contribution in [-0.2, 0) is 12.6 Å². The molecule has 0 saturated carbocycles. The van der Waals surface area contributed by atoms with Gasteiger partial charge in [-0.25, -0.2) is 0 Å². The molecular weight excluding hydrogens is 287 g/mol. The molecule has 0 unspecified atom stereocenters. The van der Waals surface area contributed by atoms with E-state index in [9.17, 15) is 13.2 Å². The third-order valence-electron chi connectivity index (χ3n) is 3.22. The highest BCUT2D eigenvalue weighted by Gasteiger charge is 2.33. The maximum absolute atomic E-state index is 13.1. The molecule has 0 aliphatic rings. The molecule has 2 rings (SSSR count). The lowest BCUT2D eigenvalue weighted by atomic mass is 9.97. The van der Waals surface area contributed by atoms with Crippen molar-refractivity contribution < 1.29 is 13.2 Å². The fourth-order valence-corrected chi connectivity index (χ4v) is 2.20. The van der Waals surface area contributed by atoms with E-state index < -0.39 is 11.7 Å². The molecule has 0 amide bonds. The van der Waals surface area contributed by atoms with Gasteiger partial charge >= 0.3 is 6.18 Å². The van der Waals surface area contributed by atoms with Gasteiger partial charge in [0.25, 0.3) is 0 Å². The van der Waals surface area contributed by atoms with Gasteiger partial charge in [-0.3, -0.25) is 0 Å². The van der Waals surface area contributed by atoms with E-state index in [1.54, 1.807) is 12.1 Å². The Morgan fingerprint density at radius 1 is 0.955 bits per heavy atom. The van der Waals surface area contributed by atoms with Gasteiger partial charge < -0.3 is 5.73 Å². The molecule has 0 saturated heterocycles. The normalized spacial score (nSPS) is 12.8. The summed E-state index contributed by atoms with van der Waals surface area (Å²) >= 11 is 0. The Hall–Kier alpha value is -2.49. The summed E-state index contributed by atoms with van der Waals surface area (Å²) in [5.41, 5.74) is 6.35. The summed E-state index contributed by atoms with van der Waals surface area (Å²) in [5.74, 6) is 0. The molecule has 0 atom stereocenters. The van der Waals surface area contributed by atoms with E-state index in [0.29, 0.717) is 12.0 Å². The molecule has 2 aromatic rings. The van der Waals surface area contributed by atoms with Crippen LogP contribution in [0.4, 0.5) is 13.2 Å². The van der Waals surface area contributed by atoms with Crippen molar-refractivity contribution in [3.05, 3.63) is 89.6 Å².